The average Bonchev–Trinajstić information content (AvgIpc) is 2.18. The van der Waals surface area contributed by atoms with Crippen molar-refractivity contribution in [2.45, 2.75) is 0 Å². The summed E-state index contributed by atoms with van der Waals surface area (Å²) >= 11 is 0. The Balaban J connectivity index is -0.000000282. The van der Waals surface area contributed by atoms with Gasteiger partial charge in [0.1, 0.15) is 13.2 Å². The van der Waals surface area contributed by atoms with E-state index in [4.69, 9.17) is 15.3 Å². The van der Waals surface area contributed by atoms with E-state index in [1.165, 1.54) is 0 Å². The minimum atomic E-state index is -0.669. The molecule has 0 saturated carbocycles. The molecule has 0 aliphatic heterocycles. The zero-order chi connectivity index (χ0) is 10.8. The van der Waals surface area contributed by atoms with E-state index in [1.54, 1.807) is 4.90 Å². The minimum Gasteiger partial charge on any atom is -0.463 e. The van der Waals surface area contributed by atoms with Crippen molar-refractivity contribution in [3.05, 3.63) is 0 Å². The molecule has 0 amide bonds. The van der Waals surface area contributed by atoms with Crippen LogP contribution in [0.4, 0.5) is 0 Å². The third-order valence-corrected chi connectivity index (χ3v) is 1.63. The van der Waals surface area contributed by atoms with Gasteiger partial charge < -0.3 is 20.1 Å². The number of rotatable bonds is 8. The van der Waals surface area contributed by atoms with Crippen LogP contribution in [0.3, 0.4) is 0 Å². The molecular formula is C8H17Ac3NO5. The maximum Gasteiger partial charge on any atom is 0.331 e. The van der Waals surface area contributed by atoms with Crippen molar-refractivity contribution in [1.82, 2.24) is 4.90 Å². The molecule has 0 aromatic carbocycles. The maximum absolute atomic E-state index is 10.5. The molecule has 0 aliphatic carbocycles. The Morgan fingerprint density at radius 1 is 0.941 bits per heavy atom. The summed E-state index contributed by atoms with van der Waals surface area (Å²) in [5.74, 6) is -0.669. The fraction of sp³-hybridized carbons (Fsp3) is 0.875. The summed E-state index contributed by atoms with van der Waals surface area (Å²) in [6.45, 7) is 0.808. The molecule has 9 heteroatoms. The molecule has 93 valence electrons. The maximum atomic E-state index is 10.5. The van der Waals surface area contributed by atoms with Gasteiger partial charge in [-0.15, -0.1) is 0 Å². The molecule has 3 N–H and O–H groups in total. The van der Waals surface area contributed by atoms with E-state index in [0.717, 1.165) is 0 Å². The van der Waals surface area contributed by atoms with E-state index >= 15 is 0 Å². The van der Waals surface area contributed by atoms with Crippen LogP contribution >= 0.6 is 0 Å². The third-order valence-electron chi connectivity index (χ3n) is 1.63. The Kier molecular flexibility index (Phi) is 37.1. The Hall–Kier alpha value is 3.63. The Morgan fingerprint density at radius 3 is 1.76 bits per heavy atom. The van der Waals surface area contributed by atoms with Crippen molar-refractivity contribution in [1.29, 1.82) is 0 Å². The molecule has 0 atom stereocenters. The van der Waals surface area contributed by atoms with Crippen LogP contribution in [0.2, 0.25) is 0 Å². The molecule has 0 aromatic heterocycles. The van der Waals surface area contributed by atoms with E-state index in [2.05, 4.69) is 4.74 Å². The minimum absolute atomic E-state index is 0. The van der Waals surface area contributed by atoms with Crippen LogP contribution in [0.25, 0.3) is 0 Å². The standard InChI is InChI=1S/C8H17NO5.3Ac/c10-4-1-9(2-5-11)3-6-14-8(13)7-12;;;/h10-12H,1-7H2;;;. The topological polar surface area (TPSA) is 90.2 Å². The summed E-state index contributed by atoms with van der Waals surface area (Å²) in [6, 6.07) is 0. The third kappa shape index (κ3) is 19.6. The van der Waals surface area contributed by atoms with Gasteiger partial charge in [0.2, 0.25) is 0 Å². The predicted molar refractivity (Wildman–Crippen MR) is 48.7 cm³/mol. The van der Waals surface area contributed by atoms with Gasteiger partial charge in [-0.1, -0.05) is 0 Å². The average molecular weight is 888 g/mol. The van der Waals surface area contributed by atoms with Crippen molar-refractivity contribution in [3.8, 4) is 0 Å². The van der Waals surface area contributed by atoms with Gasteiger partial charge in [0, 0.05) is 152 Å². The zero-order valence-electron chi connectivity index (χ0n) is 9.79. The van der Waals surface area contributed by atoms with Gasteiger partial charge in [-0.3, -0.25) is 4.90 Å². The van der Waals surface area contributed by atoms with Crippen LogP contribution in [0.5, 0.6) is 0 Å². The quantitative estimate of drug-likeness (QED) is 0.241. The molecule has 0 saturated heterocycles. The largest absolute Gasteiger partial charge is 0.463 e. The van der Waals surface area contributed by atoms with E-state index in [-0.39, 0.29) is 152 Å². The van der Waals surface area contributed by atoms with Crippen LogP contribution < -0.4 is 0 Å². The summed E-state index contributed by atoms with van der Waals surface area (Å²) in [4.78, 5) is 12.3. The van der Waals surface area contributed by atoms with Gasteiger partial charge in [0.15, 0.2) is 0 Å². The Labute approximate surface area is 209 Å². The second kappa shape index (κ2) is 21.9. The zero-order valence-corrected chi connectivity index (χ0v) is 24.0. The number of aliphatic hydroxyl groups is 3. The van der Waals surface area contributed by atoms with Gasteiger partial charge in [0.05, 0.1) is 13.2 Å². The number of aliphatic hydroxyl groups excluding tert-OH is 3. The normalized spacial score (nSPS) is 8.71. The van der Waals surface area contributed by atoms with E-state index in [1.807, 2.05) is 0 Å². The molecule has 17 heavy (non-hydrogen) atoms. The van der Waals surface area contributed by atoms with Crippen LogP contribution in [-0.4, -0.2) is 72.3 Å². The number of carbonyl (C=O) groups is 1. The first-order valence-corrected chi connectivity index (χ1v) is 4.45. The number of ether oxygens (including phenoxy) is 1. The predicted octanol–water partition coefficient (Wildman–Crippen LogP) is -2.19. The molecule has 0 rings (SSSR count). The van der Waals surface area contributed by atoms with Gasteiger partial charge in [-0.25, -0.2) is 4.79 Å². The van der Waals surface area contributed by atoms with Gasteiger partial charge >= 0.3 is 5.97 Å². The number of esters is 1. The molecular weight excluding hydrogens is 871 g/mol. The molecule has 0 fully saturated rings. The summed E-state index contributed by atoms with van der Waals surface area (Å²) in [7, 11) is 0. The Bertz CT molecular complexity index is 158. The van der Waals surface area contributed by atoms with Crippen molar-refractivity contribution >= 4 is 5.97 Å². The number of nitrogens with zero attached hydrogens (tertiary/aromatic N) is 1. The van der Waals surface area contributed by atoms with Crippen LogP contribution in [0, 0.1) is 132 Å². The monoisotopic (exact) mass is 888 g/mol. The summed E-state index contributed by atoms with van der Waals surface area (Å²) in [6.07, 6.45) is 0. The van der Waals surface area contributed by atoms with Gasteiger partial charge in [-0.05, 0) is 0 Å². The molecule has 6 nitrogen and oxygen atoms in total. The summed E-state index contributed by atoms with van der Waals surface area (Å²) in [5.41, 5.74) is 0. The first-order chi connectivity index (χ1) is 6.74. The number of hydrogen-bond donors (Lipinski definition) is 3. The first kappa shape index (κ1) is 28.7. The molecule has 0 aromatic rings. The van der Waals surface area contributed by atoms with Crippen molar-refractivity contribution < 1.29 is 157 Å². The molecule has 0 heterocycles. The molecule has 0 spiro atoms. The van der Waals surface area contributed by atoms with E-state index in [9.17, 15) is 4.79 Å². The Morgan fingerprint density at radius 2 is 1.41 bits per heavy atom. The SMILES string of the molecule is O=C(CO)OCCN(CCO)CCO.[Ac].[Ac].[Ac]. The fourth-order valence-electron chi connectivity index (χ4n) is 0.952. The van der Waals surface area contributed by atoms with E-state index in [0.29, 0.717) is 19.6 Å². The second-order valence-corrected chi connectivity index (χ2v) is 2.67. The molecule has 0 bridgehead atoms. The smallest absolute Gasteiger partial charge is 0.331 e. The molecule has 3 radical (unpaired) electrons. The fourth-order valence-corrected chi connectivity index (χ4v) is 0.952. The van der Waals surface area contributed by atoms with Gasteiger partial charge in [0.25, 0.3) is 0 Å². The first-order valence-electron chi connectivity index (χ1n) is 4.45. The van der Waals surface area contributed by atoms with Crippen molar-refractivity contribution in [2.24, 2.45) is 0 Å². The van der Waals surface area contributed by atoms with Crippen molar-refractivity contribution in [2.75, 3.05) is 46.1 Å². The number of carbonyl (C=O) groups excluding carboxylic acids is 1. The van der Waals surface area contributed by atoms with Crippen molar-refractivity contribution in [3.63, 3.8) is 0 Å². The summed E-state index contributed by atoms with van der Waals surface area (Å²) < 4.78 is 4.62. The van der Waals surface area contributed by atoms with Crippen LogP contribution in [0.1, 0.15) is 0 Å². The molecule has 0 aliphatic rings. The number of hydrogen-bond acceptors (Lipinski definition) is 6. The summed E-state index contributed by atoms with van der Waals surface area (Å²) in [5, 5.41) is 25.6. The second-order valence-electron chi connectivity index (χ2n) is 2.67. The van der Waals surface area contributed by atoms with Gasteiger partial charge in [-0.2, -0.15) is 0 Å². The van der Waals surface area contributed by atoms with Crippen LogP contribution in [-0.2, 0) is 9.53 Å². The van der Waals surface area contributed by atoms with E-state index < -0.39 is 12.6 Å². The van der Waals surface area contributed by atoms with Crippen LogP contribution in [0.15, 0.2) is 0 Å². The molecule has 0 unspecified atom stereocenters.